The summed E-state index contributed by atoms with van der Waals surface area (Å²) >= 11 is 0. The molecule has 0 radical (unpaired) electrons. The van der Waals surface area contributed by atoms with Crippen molar-refractivity contribution < 1.29 is 19.8 Å². The van der Waals surface area contributed by atoms with E-state index in [4.69, 9.17) is 10.2 Å². The van der Waals surface area contributed by atoms with Gasteiger partial charge < -0.3 is 10.2 Å². The van der Waals surface area contributed by atoms with Crippen molar-refractivity contribution >= 4 is 11.9 Å². The maximum Gasteiger partial charge on any atom is 0.321 e. The van der Waals surface area contributed by atoms with Gasteiger partial charge in [-0.05, 0) is 24.7 Å². The van der Waals surface area contributed by atoms with E-state index in [-0.39, 0.29) is 11.8 Å². The molecule has 0 aromatic heterocycles. The van der Waals surface area contributed by atoms with Crippen molar-refractivity contribution in [3.8, 4) is 0 Å². The highest BCUT2D eigenvalue weighted by Gasteiger charge is 2.74. The highest BCUT2D eigenvalue weighted by molar-refractivity contribution is 6.02. The number of carbonyl (C=O) groups is 2. The molecule has 13 heavy (non-hydrogen) atoms. The average Bonchev–Trinajstić information content (AvgIpc) is 2.73. The third kappa shape index (κ3) is 0.857. The van der Waals surface area contributed by atoms with Gasteiger partial charge in [-0.3, -0.25) is 9.59 Å². The number of fused-ring (bicyclic) bond motifs is 1. The van der Waals surface area contributed by atoms with E-state index in [1.807, 2.05) is 0 Å². The van der Waals surface area contributed by atoms with E-state index in [1.165, 1.54) is 0 Å². The Hall–Kier alpha value is -1.06. The Morgan fingerprint density at radius 2 is 1.38 bits per heavy atom. The van der Waals surface area contributed by atoms with Gasteiger partial charge in [0.2, 0.25) is 0 Å². The van der Waals surface area contributed by atoms with Gasteiger partial charge in [0.1, 0.15) is 0 Å². The first-order valence-electron chi connectivity index (χ1n) is 4.58. The molecule has 0 saturated heterocycles. The van der Waals surface area contributed by atoms with Crippen LogP contribution in [0.2, 0.25) is 0 Å². The van der Waals surface area contributed by atoms with Crippen LogP contribution in [0, 0.1) is 17.3 Å². The Bertz CT molecular complexity index is 243. The van der Waals surface area contributed by atoms with Crippen LogP contribution in [-0.4, -0.2) is 22.2 Å². The maximum absolute atomic E-state index is 10.9. The van der Waals surface area contributed by atoms with E-state index >= 15 is 0 Å². The predicted molar refractivity (Wildman–Crippen MR) is 43.2 cm³/mol. The molecule has 4 heteroatoms. The number of carboxylic acid groups (broad SMARTS) is 2. The van der Waals surface area contributed by atoms with Crippen LogP contribution in [0.4, 0.5) is 0 Å². The second kappa shape index (κ2) is 2.47. The van der Waals surface area contributed by atoms with Crippen LogP contribution in [0.3, 0.4) is 0 Å². The number of aliphatic carboxylic acids is 2. The minimum Gasteiger partial charge on any atom is -0.480 e. The van der Waals surface area contributed by atoms with E-state index < -0.39 is 17.4 Å². The molecule has 2 N–H and O–H groups in total. The highest BCUT2D eigenvalue weighted by Crippen LogP contribution is 2.65. The summed E-state index contributed by atoms with van der Waals surface area (Å²) in [5.41, 5.74) is -1.42. The van der Waals surface area contributed by atoms with Gasteiger partial charge in [0.25, 0.3) is 0 Å². The summed E-state index contributed by atoms with van der Waals surface area (Å²) in [6.07, 6.45) is 3.49. The van der Waals surface area contributed by atoms with Crippen LogP contribution in [0.1, 0.15) is 25.7 Å². The molecule has 2 fully saturated rings. The predicted octanol–water partition coefficient (Wildman–Crippen LogP) is 0.962. The van der Waals surface area contributed by atoms with E-state index in [2.05, 4.69) is 0 Å². The van der Waals surface area contributed by atoms with Crippen molar-refractivity contribution in [1.29, 1.82) is 0 Å². The molecule has 0 spiro atoms. The molecular weight excluding hydrogens is 172 g/mol. The van der Waals surface area contributed by atoms with Crippen molar-refractivity contribution in [3.05, 3.63) is 0 Å². The quantitative estimate of drug-likeness (QED) is 0.627. The molecule has 2 atom stereocenters. The Kier molecular flexibility index (Phi) is 1.62. The molecule has 72 valence electrons. The van der Waals surface area contributed by atoms with E-state index in [0.717, 1.165) is 25.7 Å². The molecule has 0 aromatic carbocycles. The Labute approximate surface area is 75.6 Å². The first-order valence-corrected chi connectivity index (χ1v) is 4.58. The fraction of sp³-hybridized carbons (Fsp3) is 0.778. The smallest absolute Gasteiger partial charge is 0.321 e. The standard InChI is InChI=1S/C9H12O4/c10-7(11)9(8(12)13)5-3-1-2-4-6(5)9/h5-6H,1-4H2,(H,10,11)(H,12,13)/t5-,6-/m1/s1. The molecule has 2 saturated carbocycles. The fourth-order valence-corrected chi connectivity index (χ4v) is 2.85. The lowest BCUT2D eigenvalue weighted by molar-refractivity contribution is -0.158. The van der Waals surface area contributed by atoms with Gasteiger partial charge in [0, 0.05) is 0 Å². The minimum absolute atomic E-state index is 0.101. The molecule has 0 bridgehead atoms. The summed E-state index contributed by atoms with van der Waals surface area (Å²) in [6, 6.07) is 0. The number of carboxylic acids is 2. The van der Waals surface area contributed by atoms with Gasteiger partial charge in [-0.2, -0.15) is 0 Å². The van der Waals surface area contributed by atoms with Crippen LogP contribution in [-0.2, 0) is 9.59 Å². The molecule has 0 amide bonds. The highest BCUT2D eigenvalue weighted by atomic mass is 16.4. The van der Waals surface area contributed by atoms with Gasteiger partial charge in [0.05, 0.1) is 0 Å². The molecule has 2 aliphatic carbocycles. The minimum atomic E-state index is -1.42. The zero-order valence-electron chi connectivity index (χ0n) is 7.19. The molecular formula is C9H12O4. The second-order valence-corrected chi connectivity index (χ2v) is 3.98. The fourth-order valence-electron chi connectivity index (χ4n) is 2.85. The van der Waals surface area contributed by atoms with Gasteiger partial charge >= 0.3 is 11.9 Å². The third-order valence-electron chi connectivity index (χ3n) is 3.53. The van der Waals surface area contributed by atoms with Crippen molar-refractivity contribution in [1.82, 2.24) is 0 Å². The average molecular weight is 184 g/mol. The van der Waals surface area contributed by atoms with Crippen molar-refractivity contribution in [2.75, 3.05) is 0 Å². The summed E-state index contributed by atoms with van der Waals surface area (Å²) in [4.78, 5) is 21.8. The molecule has 0 aliphatic heterocycles. The number of hydrogen-bond acceptors (Lipinski definition) is 2. The molecule has 0 aromatic rings. The van der Waals surface area contributed by atoms with Gasteiger partial charge in [-0.1, -0.05) is 12.8 Å². The van der Waals surface area contributed by atoms with Crippen LogP contribution in [0.15, 0.2) is 0 Å². The number of rotatable bonds is 2. The lowest BCUT2D eigenvalue weighted by atomic mass is 10.0. The Morgan fingerprint density at radius 3 is 1.69 bits per heavy atom. The van der Waals surface area contributed by atoms with Crippen molar-refractivity contribution in [2.24, 2.45) is 17.3 Å². The normalized spacial score (nSPS) is 34.8. The van der Waals surface area contributed by atoms with Crippen molar-refractivity contribution in [2.45, 2.75) is 25.7 Å². The monoisotopic (exact) mass is 184 g/mol. The van der Waals surface area contributed by atoms with Crippen LogP contribution < -0.4 is 0 Å². The lowest BCUT2D eigenvalue weighted by Crippen LogP contribution is -2.28. The summed E-state index contributed by atoms with van der Waals surface area (Å²) in [6.45, 7) is 0. The molecule has 2 rings (SSSR count). The summed E-state index contributed by atoms with van der Waals surface area (Å²) in [5.74, 6) is -2.48. The van der Waals surface area contributed by atoms with Gasteiger partial charge in [-0.25, -0.2) is 0 Å². The van der Waals surface area contributed by atoms with Crippen molar-refractivity contribution in [3.63, 3.8) is 0 Å². The molecule has 4 nitrogen and oxygen atoms in total. The van der Waals surface area contributed by atoms with Gasteiger partial charge in [-0.15, -0.1) is 0 Å². The maximum atomic E-state index is 10.9. The summed E-state index contributed by atoms with van der Waals surface area (Å²) in [7, 11) is 0. The summed E-state index contributed by atoms with van der Waals surface area (Å²) < 4.78 is 0. The zero-order chi connectivity index (χ0) is 9.64. The lowest BCUT2D eigenvalue weighted by Gasteiger charge is -2.04. The zero-order valence-corrected chi connectivity index (χ0v) is 7.19. The second-order valence-electron chi connectivity index (χ2n) is 3.98. The van der Waals surface area contributed by atoms with Crippen LogP contribution in [0.5, 0.6) is 0 Å². The number of hydrogen-bond donors (Lipinski definition) is 2. The summed E-state index contributed by atoms with van der Waals surface area (Å²) in [5, 5.41) is 17.8. The van der Waals surface area contributed by atoms with Crippen LogP contribution >= 0.6 is 0 Å². The Morgan fingerprint density at radius 1 is 1.00 bits per heavy atom. The van der Waals surface area contributed by atoms with E-state index in [9.17, 15) is 9.59 Å². The van der Waals surface area contributed by atoms with E-state index in [1.54, 1.807) is 0 Å². The van der Waals surface area contributed by atoms with E-state index in [0.29, 0.717) is 0 Å². The third-order valence-corrected chi connectivity index (χ3v) is 3.53. The van der Waals surface area contributed by atoms with Gasteiger partial charge in [0.15, 0.2) is 5.41 Å². The molecule has 0 unspecified atom stereocenters. The first-order chi connectivity index (χ1) is 6.11. The topological polar surface area (TPSA) is 74.6 Å². The molecule has 0 heterocycles. The molecule has 2 aliphatic rings. The Balaban J connectivity index is 2.28. The van der Waals surface area contributed by atoms with Crippen LogP contribution in [0.25, 0.3) is 0 Å². The first kappa shape index (κ1) is 8.53. The largest absolute Gasteiger partial charge is 0.480 e. The SMILES string of the molecule is O=C(O)C1(C(=O)O)[C@@H]2CCCC[C@H]21.